The molecule has 0 aromatic carbocycles. The van der Waals surface area contributed by atoms with Gasteiger partial charge in [0.25, 0.3) is 0 Å². The predicted molar refractivity (Wildman–Crippen MR) is 236 cm³/mol. The molecule has 58 heavy (non-hydrogen) atoms. The van der Waals surface area contributed by atoms with Crippen LogP contribution in [0, 0.1) is 0 Å². The molecule has 0 heterocycles. The van der Waals surface area contributed by atoms with Gasteiger partial charge in [-0.05, 0) is 38.5 Å². The molecule has 0 saturated heterocycles. The third kappa shape index (κ3) is 41.0. The highest BCUT2D eigenvalue weighted by molar-refractivity contribution is 7.47. The number of rotatable bonds is 45. The molecule has 3 atom stereocenters. The first-order valence-electron chi connectivity index (χ1n) is 23.7. The quantitative estimate of drug-likeness (QED) is 0.0200. The molecule has 0 fully saturated rings. The largest absolute Gasteiger partial charge is 0.480 e. The van der Waals surface area contributed by atoms with Crippen molar-refractivity contribution in [2.45, 2.75) is 244 Å². The molecule has 0 aromatic rings. The minimum Gasteiger partial charge on any atom is -0.480 e. The third-order valence-corrected chi connectivity index (χ3v) is 11.5. The number of carboxylic acids is 1. The number of phosphoric ester groups is 1. The number of aliphatic carboxylic acids is 1. The molecule has 0 aliphatic rings. The Bertz CT molecular complexity index is 1040. The van der Waals surface area contributed by atoms with Gasteiger partial charge >= 0.3 is 19.8 Å². The molecule has 342 valence electrons. The van der Waals surface area contributed by atoms with Crippen molar-refractivity contribution in [1.82, 2.24) is 5.32 Å². The van der Waals surface area contributed by atoms with Crippen LogP contribution in [0.2, 0.25) is 0 Å². The van der Waals surface area contributed by atoms with Crippen LogP contribution >= 0.6 is 7.82 Å². The Morgan fingerprint density at radius 3 is 1.31 bits per heavy atom. The van der Waals surface area contributed by atoms with E-state index in [1.807, 2.05) is 0 Å². The van der Waals surface area contributed by atoms with Gasteiger partial charge in [0.05, 0.1) is 13.2 Å². The van der Waals surface area contributed by atoms with Crippen molar-refractivity contribution in [3.63, 3.8) is 0 Å². The van der Waals surface area contributed by atoms with E-state index in [1.165, 1.54) is 135 Å². The van der Waals surface area contributed by atoms with E-state index in [0.29, 0.717) is 12.8 Å². The highest BCUT2D eigenvalue weighted by Crippen LogP contribution is 2.43. The topological polar surface area (TPSA) is 169 Å². The van der Waals surface area contributed by atoms with Crippen LogP contribution < -0.4 is 5.32 Å². The van der Waals surface area contributed by atoms with Crippen LogP contribution in [0.3, 0.4) is 0 Å². The van der Waals surface area contributed by atoms with E-state index in [1.54, 1.807) is 0 Å². The second-order valence-electron chi connectivity index (χ2n) is 16.3. The van der Waals surface area contributed by atoms with Crippen molar-refractivity contribution >= 4 is 25.7 Å². The molecule has 0 spiro atoms. The fraction of sp³-hybridized carbons (Fsp3) is 0.891. The van der Waals surface area contributed by atoms with Crippen LogP contribution in [-0.4, -0.2) is 64.9 Å². The maximum atomic E-state index is 12.3. The second kappa shape index (κ2) is 41.9. The zero-order chi connectivity index (χ0) is 42.8. The molecule has 0 rings (SSSR count). The number of esters is 1. The van der Waals surface area contributed by atoms with Crippen LogP contribution in [0.25, 0.3) is 0 Å². The molecule has 0 saturated carbocycles. The Kier molecular flexibility index (Phi) is 40.6. The molecule has 3 unspecified atom stereocenters. The number of carbonyl (C=O) groups is 3. The Morgan fingerprint density at radius 2 is 0.897 bits per heavy atom. The number of nitrogens with one attached hydrogen (secondary N) is 1. The second-order valence-corrected chi connectivity index (χ2v) is 17.8. The standard InChI is InChI=1S/C46H88NO10P/c1-3-5-7-9-11-13-15-17-19-21-22-24-26-28-30-32-34-36-38-45(50)55-39-42(48)40-56-58(53,54)57-41-43(46(51)52)47-44(49)37-35-33-31-29-27-25-23-20-18-16-14-12-10-8-6-4-2/h20,23,42-43,48H,3-19,21-22,24-41H2,1-2H3,(H,47,49)(H,51,52)(H,53,54)/b23-20-. The molecule has 4 N–H and O–H groups in total. The monoisotopic (exact) mass is 846 g/mol. The predicted octanol–water partition coefficient (Wildman–Crippen LogP) is 12.5. The van der Waals surface area contributed by atoms with E-state index < -0.39 is 57.6 Å². The number of aliphatic hydroxyl groups excluding tert-OH is 1. The zero-order valence-electron chi connectivity index (χ0n) is 37.1. The number of allylic oxidation sites excluding steroid dienone is 2. The lowest BCUT2D eigenvalue weighted by molar-refractivity contribution is -0.147. The Labute approximate surface area is 354 Å². The number of amides is 1. The van der Waals surface area contributed by atoms with Crippen molar-refractivity contribution in [2.24, 2.45) is 0 Å². The molecule has 0 aliphatic heterocycles. The van der Waals surface area contributed by atoms with Crippen LogP contribution in [0.4, 0.5) is 0 Å². The summed E-state index contributed by atoms with van der Waals surface area (Å²) in [6.45, 7) is 2.62. The van der Waals surface area contributed by atoms with E-state index in [0.717, 1.165) is 57.8 Å². The lowest BCUT2D eigenvalue weighted by Gasteiger charge is -2.18. The summed E-state index contributed by atoms with van der Waals surface area (Å²) in [7, 11) is -4.75. The first kappa shape index (κ1) is 56.2. The molecule has 1 amide bonds. The molecule has 11 nitrogen and oxygen atoms in total. The van der Waals surface area contributed by atoms with Crippen molar-refractivity contribution < 1.29 is 47.8 Å². The molecular formula is C46H88NO10P. The summed E-state index contributed by atoms with van der Waals surface area (Å²) in [6, 6.07) is -1.55. The van der Waals surface area contributed by atoms with Gasteiger partial charge in [0.2, 0.25) is 5.91 Å². The highest BCUT2D eigenvalue weighted by Gasteiger charge is 2.28. The fourth-order valence-electron chi connectivity index (χ4n) is 6.84. The Morgan fingerprint density at radius 1 is 0.534 bits per heavy atom. The first-order chi connectivity index (χ1) is 28.1. The van der Waals surface area contributed by atoms with E-state index in [2.05, 4.69) is 31.3 Å². The number of hydrogen-bond donors (Lipinski definition) is 4. The van der Waals surface area contributed by atoms with E-state index in [4.69, 9.17) is 13.8 Å². The average Bonchev–Trinajstić information content (AvgIpc) is 3.20. The van der Waals surface area contributed by atoms with Crippen molar-refractivity contribution in [3.05, 3.63) is 12.2 Å². The number of unbranched alkanes of at least 4 members (excludes halogenated alkanes) is 29. The SMILES string of the molecule is CCCCCCCCC/C=C\CCCCCCCC(=O)NC(COP(=O)(O)OCC(O)COC(=O)CCCCCCCCCCCCCCCCCCCC)C(=O)O. The number of carbonyl (C=O) groups excluding carboxylic acids is 2. The summed E-state index contributed by atoms with van der Waals surface area (Å²) in [5.74, 6) is -2.37. The molecule has 0 aromatic heterocycles. The highest BCUT2D eigenvalue weighted by atomic mass is 31.2. The van der Waals surface area contributed by atoms with Gasteiger partial charge in [0.1, 0.15) is 12.7 Å². The number of phosphoric acid groups is 1. The van der Waals surface area contributed by atoms with Gasteiger partial charge < -0.3 is 25.2 Å². The van der Waals surface area contributed by atoms with Crippen molar-refractivity contribution in [3.8, 4) is 0 Å². The first-order valence-corrected chi connectivity index (χ1v) is 25.2. The molecule has 0 radical (unpaired) electrons. The summed E-state index contributed by atoms with van der Waals surface area (Å²) in [6.07, 6.45) is 42.3. The van der Waals surface area contributed by atoms with Crippen LogP contribution in [0.1, 0.15) is 232 Å². The normalized spacial score (nSPS) is 13.7. The smallest absolute Gasteiger partial charge is 0.472 e. The lowest BCUT2D eigenvalue weighted by Crippen LogP contribution is -2.43. The van der Waals surface area contributed by atoms with Crippen molar-refractivity contribution in [2.75, 3.05) is 19.8 Å². The van der Waals surface area contributed by atoms with E-state index in [9.17, 15) is 34.1 Å². The summed E-state index contributed by atoms with van der Waals surface area (Å²) < 4.78 is 26.9. The molecular weight excluding hydrogens is 757 g/mol. The average molecular weight is 846 g/mol. The van der Waals surface area contributed by atoms with Gasteiger partial charge in [-0.1, -0.05) is 193 Å². The third-order valence-electron chi connectivity index (χ3n) is 10.6. The van der Waals surface area contributed by atoms with Gasteiger partial charge in [-0.2, -0.15) is 0 Å². The van der Waals surface area contributed by atoms with Gasteiger partial charge in [-0.3, -0.25) is 18.6 Å². The number of carboxylic acid groups (broad SMARTS) is 1. The van der Waals surface area contributed by atoms with E-state index in [-0.39, 0.29) is 12.8 Å². The lowest BCUT2D eigenvalue weighted by atomic mass is 10.0. The van der Waals surface area contributed by atoms with Gasteiger partial charge in [0.15, 0.2) is 6.04 Å². The van der Waals surface area contributed by atoms with Gasteiger partial charge in [-0.15, -0.1) is 0 Å². The summed E-state index contributed by atoms with van der Waals surface area (Å²) >= 11 is 0. The summed E-state index contributed by atoms with van der Waals surface area (Å²) in [5, 5.41) is 21.9. The number of hydrogen-bond acceptors (Lipinski definition) is 8. The molecule has 12 heteroatoms. The maximum Gasteiger partial charge on any atom is 0.472 e. The van der Waals surface area contributed by atoms with Crippen molar-refractivity contribution in [1.29, 1.82) is 0 Å². The Balaban J connectivity index is 3.84. The van der Waals surface area contributed by atoms with Gasteiger partial charge in [0, 0.05) is 12.8 Å². The zero-order valence-corrected chi connectivity index (χ0v) is 38.0. The Hall–Kier alpha value is -1.78. The number of aliphatic hydroxyl groups is 1. The summed E-state index contributed by atoms with van der Waals surface area (Å²) in [4.78, 5) is 46.0. The van der Waals surface area contributed by atoms with Crippen LogP contribution in [-0.2, 0) is 32.7 Å². The van der Waals surface area contributed by atoms with Crippen LogP contribution in [0.15, 0.2) is 12.2 Å². The van der Waals surface area contributed by atoms with Gasteiger partial charge in [-0.25, -0.2) is 9.36 Å². The molecule has 0 bridgehead atoms. The number of ether oxygens (including phenoxy) is 1. The summed E-state index contributed by atoms with van der Waals surface area (Å²) in [5.41, 5.74) is 0. The fourth-order valence-corrected chi connectivity index (χ4v) is 7.61. The van der Waals surface area contributed by atoms with E-state index >= 15 is 0 Å². The minimum absolute atomic E-state index is 0.139. The molecule has 0 aliphatic carbocycles. The maximum absolute atomic E-state index is 12.3. The minimum atomic E-state index is -4.75. The van der Waals surface area contributed by atoms with Crippen LogP contribution in [0.5, 0.6) is 0 Å².